The van der Waals surface area contributed by atoms with Gasteiger partial charge in [0.25, 0.3) is 0 Å². The maximum Gasteiger partial charge on any atom is 0.328 e. The van der Waals surface area contributed by atoms with Crippen LogP contribution in [0.5, 0.6) is 0 Å². The average Bonchev–Trinajstić information content (AvgIpc) is 3.19. The number of aliphatic carboxylic acids is 1. The first-order chi connectivity index (χ1) is 17.2. The lowest BCUT2D eigenvalue weighted by Gasteiger charge is -2.45. The number of carboxylic acid groups (broad SMARTS) is 1. The van der Waals surface area contributed by atoms with Crippen molar-refractivity contribution in [3.63, 3.8) is 0 Å². The van der Waals surface area contributed by atoms with Crippen molar-refractivity contribution in [2.24, 2.45) is 5.92 Å². The molecule has 2 aliphatic heterocycles. The number of carboxylic acids is 1. The van der Waals surface area contributed by atoms with Gasteiger partial charge in [-0.05, 0) is 67.0 Å². The molecular formula is C29H33F3N2O2. The summed E-state index contributed by atoms with van der Waals surface area (Å²) in [5.41, 5.74) is 1.59. The first-order valence-electron chi connectivity index (χ1n) is 12.9. The molecule has 2 unspecified atom stereocenters. The van der Waals surface area contributed by atoms with E-state index in [1.165, 1.54) is 6.08 Å². The van der Waals surface area contributed by atoms with E-state index in [1.807, 2.05) is 17.9 Å². The zero-order valence-electron chi connectivity index (χ0n) is 20.7. The van der Waals surface area contributed by atoms with E-state index in [2.05, 4.69) is 24.4 Å². The van der Waals surface area contributed by atoms with E-state index in [0.717, 1.165) is 54.3 Å². The van der Waals surface area contributed by atoms with Crippen molar-refractivity contribution < 1.29 is 23.1 Å². The van der Waals surface area contributed by atoms with Crippen molar-refractivity contribution in [1.82, 2.24) is 10.2 Å². The molecule has 1 aromatic carbocycles. The van der Waals surface area contributed by atoms with E-state index >= 15 is 13.2 Å². The summed E-state index contributed by atoms with van der Waals surface area (Å²) in [6, 6.07) is 1.43. The van der Waals surface area contributed by atoms with Crippen molar-refractivity contribution in [2.75, 3.05) is 6.54 Å². The number of fused-ring (bicyclic) bond motifs is 2. The van der Waals surface area contributed by atoms with E-state index in [0.29, 0.717) is 19.3 Å². The smallest absolute Gasteiger partial charge is 0.328 e. The molecule has 0 radical (unpaired) electrons. The Morgan fingerprint density at radius 3 is 2.56 bits per heavy atom. The van der Waals surface area contributed by atoms with Gasteiger partial charge in [0.1, 0.15) is 17.3 Å². The number of benzene rings is 1. The van der Waals surface area contributed by atoms with Crippen molar-refractivity contribution >= 4 is 12.0 Å². The summed E-state index contributed by atoms with van der Waals surface area (Å²) in [6.45, 7) is 4.24. The number of carbonyl (C=O) groups is 1. The minimum atomic E-state index is -1.39. The summed E-state index contributed by atoms with van der Waals surface area (Å²) in [4.78, 5) is 12.8. The molecule has 2 aliphatic carbocycles. The van der Waals surface area contributed by atoms with Gasteiger partial charge in [0.05, 0.1) is 12.1 Å². The van der Waals surface area contributed by atoms with Gasteiger partial charge in [-0.2, -0.15) is 0 Å². The molecule has 4 nitrogen and oxygen atoms in total. The van der Waals surface area contributed by atoms with Gasteiger partial charge in [0.15, 0.2) is 0 Å². The van der Waals surface area contributed by atoms with Crippen LogP contribution in [-0.2, 0) is 4.79 Å². The molecule has 0 amide bonds. The molecular weight excluding hydrogens is 465 g/mol. The van der Waals surface area contributed by atoms with E-state index < -0.39 is 29.3 Å². The zero-order valence-corrected chi connectivity index (χ0v) is 20.7. The average molecular weight is 499 g/mol. The van der Waals surface area contributed by atoms with Crippen molar-refractivity contribution in [2.45, 2.75) is 76.2 Å². The zero-order chi connectivity index (χ0) is 25.6. The van der Waals surface area contributed by atoms with E-state index in [4.69, 9.17) is 5.11 Å². The highest BCUT2D eigenvalue weighted by atomic mass is 19.1. The number of alkyl halides is 1. The van der Waals surface area contributed by atoms with Crippen LogP contribution < -0.4 is 5.32 Å². The van der Waals surface area contributed by atoms with Crippen LogP contribution in [-0.4, -0.2) is 40.3 Å². The van der Waals surface area contributed by atoms with Gasteiger partial charge in [0, 0.05) is 29.9 Å². The maximum atomic E-state index is 16.0. The van der Waals surface area contributed by atoms with Crippen LogP contribution in [0, 0.1) is 17.6 Å². The molecule has 2 heterocycles. The second-order valence-corrected chi connectivity index (χ2v) is 10.8. The Morgan fingerprint density at radius 1 is 1.19 bits per heavy atom. The number of nitrogens with one attached hydrogen (secondary N) is 1. The number of nitrogens with zero attached hydrogens (tertiary/aromatic N) is 1. The summed E-state index contributed by atoms with van der Waals surface area (Å²) >= 11 is 0. The van der Waals surface area contributed by atoms with E-state index in [-0.39, 0.29) is 35.7 Å². The molecule has 192 valence electrons. The van der Waals surface area contributed by atoms with E-state index in [1.54, 1.807) is 0 Å². The third-order valence-electron chi connectivity index (χ3n) is 8.22. The van der Waals surface area contributed by atoms with Crippen molar-refractivity contribution in [3.8, 4) is 0 Å². The maximum absolute atomic E-state index is 16.0. The number of rotatable bonds is 5. The molecule has 2 N–H and O–H groups in total. The Hall–Kier alpha value is -2.80. The second kappa shape index (κ2) is 9.58. The minimum absolute atomic E-state index is 0.0209. The van der Waals surface area contributed by atoms with Gasteiger partial charge >= 0.3 is 5.97 Å². The number of allylic oxidation sites excluding steroid dienone is 2. The second-order valence-electron chi connectivity index (χ2n) is 10.8. The van der Waals surface area contributed by atoms with Crippen LogP contribution in [0.15, 0.2) is 53.3 Å². The fourth-order valence-corrected chi connectivity index (χ4v) is 6.40. The highest BCUT2D eigenvalue weighted by Gasteiger charge is 2.47. The van der Waals surface area contributed by atoms with Crippen molar-refractivity contribution in [1.29, 1.82) is 0 Å². The highest BCUT2D eigenvalue weighted by Crippen LogP contribution is 2.49. The third-order valence-corrected chi connectivity index (χ3v) is 8.22. The Morgan fingerprint density at radius 2 is 1.89 bits per heavy atom. The van der Waals surface area contributed by atoms with Crippen molar-refractivity contribution in [3.05, 3.63) is 76.0 Å². The Kier molecular flexibility index (Phi) is 6.62. The first-order valence-corrected chi connectivity index (χ1v) is 12.9. The van der Waals surface area contributed by atoms with Gasteiger partial charge in [-0.25, -0.2) is 18.0 Å². The lowest BCUT2D eigenvalue weighted by molar-refractivity contribution is -0.131. The minimum Gasteiger partial charge on any atom is -0.478 e. The fraction of sp³-hybridized carbons (Fsp3) is 0.483. The quantitative estimate of drug-likeness (QED) is 0.473. The fourth-order valence-electron chi connectivity index (χ4n) is 6.40. The summed E-state index contributed by atoms with van der Waals surface area (Å²) in [7, 11) is 0. The molecule has 1 aromatic rings. The number of hydrogen-bond donors (Lipinski definition) is 2. The molecule has 7 heteroatoms. The topological polar surface area (TPSA) is 52.6 Å². The standard InChI is InChI=1S/C29H33F3N2O2/c1-17-7-6-8-20-21-13-18(2)34(16-29(32)11-4-3-5-12-29)28(27(21)33-26(17)20)25-22(30)14-19(15-23(25)31)9-10-24(35)36/h6-10,14-15,17-18,26,28,33H,3-5,11-13,16H2,1-2H3,(H,35,36)/b10-9+/t17?,18-,26?,28-/m1/s1. The SMILES string of the molecule is CC1C=CC=C2C3=C(NC21)[C@@H](c1c(F)cc(/C=C/C(=O)O)cc1F)N(CC1(F)CCCCC1)[C@H](C)C3. The molecule has 4 aliphatic rings. The monoisotopic (exact) mass is 498 g/mol. The first kappa shape index (κ1) is 24.9. The van der Waals surface area contributed by atoms with Gasteiger partial charge in [-0.3, -0.25) is 4.90 Å². The van der Waals surface area contributed by atoms with E-state index in [9.17, 15) is 4.79 Å². The Balaban J connectivity index is 1.61. The van der Waals surface area contributed by atoms with Gasteiger partial charge in [0.2, 0.25) is 0 Å². The molecule has 36 heavy (non-hydrogen) atoms. The molecule has 0 aromatic heterocycles. The summed E-state index contributed by atoms with van der Waals surface area (Å²) in [6.07, 6.45) is 12.5. The molecule has 1 fully saturated rings. The Bertz CT molecular complexity index is 1160. The highest BCUT2D eigenvalue weighted by molar-refractivity contribution is 5.85. The lowest BCUT2D eigenvalue weighted by atomic mass is 9.81. The molecule has 0 saturated heterocycles. The predicted molar refractivity (Wildman–Crippen MR) is 134 cm³/mol. The van der Waals surface area contributed by atoms with Gasteiger partial charge < -0.3 is 10.4 Å². The van der Waals surface area contributed by atoms with Gasteiger partial charge in [-0.15, -0.1) is 0 Å². The summed E-state index contributed by atoms with van der Waals surface area (Å²) in [5, 5.41) is 12.5. The molecule has 1 saturated carbocycles. The number of hydrogen-bond acceptors (Lipinski definition) is 3. The van der Waals surface area contributed by atoms with Gasteiger partial charge in [-0.1, -0.05) is 44.4 Å². The van der Waals surface area contributed by atoms with Crippen LogP contribution in [0.1, 0.15) is 69.5 Å². The van der Waals surface area contributed by atoms with Crippen LogP contribution in [0.2, 0.25) is 0 Å². The largest absolute Gasteiger partial charge is 0.478 e. The predicted octanol–water partition coefficient (Wildman–Crippen LogP) is 6.23. The summed E-state index contributed by atoms with van der Waals surface area (Å²) in [5.74, 6) is -2.51. The number of halogens is 3. The third kappa shape index (κ3) is 4.54. The van der Waals surface area contributed by atoms with Crippen LogP contribution in [0.4, 0.5) is 13.2 Å². The molecule has 0 bridgehead atoms. The van der Waals surface area contributed by atoms with Crippen LogP contribution in [0.25, 0.3) is 6.08 Å². The molecule has 4 atom stereocenters. The van der Waals surface area contributed by atoms with Crippen LogP contribution >= 0.6 is 0 Å². The molecule has 5 rings (SSSR count). The normalized spacial score (nSPS) is 29.6. The molecule has 0 spiro atoms. The summed E-state index contributed by atoms with van der Waals surface area (Å²) < 4.78 is 47.4. The lowest BCUT2D eigenvalue weighted by Crippen LogP contribution is -2.50. The Labute approximate surface area is 210 Å². The van der Waals surface area contributed by atoms with Crippen LogP contribution in [0.3, 0.4) is 0 Å².